The Bertz CT molecular complexity index is 749. The summed E-state index contributed by atoms with van der Waals surface area (Å²) in [7, 11) is 0. The Morgan fingerprint density at radius 3 is 2.96 bits per heavy atom. The van der Waals surface area contributed by atoms with Crippen molar-refractivity contribution < 1.29 is 13.6 Å². The molecule has 1 fully saturated rings. The number of nitriles is 1. The third kappa shape index (κ3) is 3.18. The number of carbonyl (C=O) groups excluding carboxylic acids is 1. The van der Waals surface area contributed by atoms with E-state index in [-0.39, 0.29) is 23.4 Å². The van der Waals surface area contributed by atoms with E-state index in [2.05, 4.69) is 22.9 Å². The fraction of sp³-hybridized carbons (Fsp3) is 0.353. The normalized spacial score (nSPS) is 15.0. The second-order valence-electron chi connectivity index (χ2n) is 5.56. The lowest BCUT2D eigenvalue weighted by Gasteiger charge is -2.30. The number of oxazole rings is 1. The molecule has 124 valence electrons. The topological polar surface area (TPSA) is 95.3 Å². The summed E-state index contributed by atoms with van der Waals surface area (Å²) in [6.45, 7) is 5.33. The highest BCUT2D eigenvalue weighted by atomic mass is 16.4. The molecule has 2 aromatic heterocycles. The number of nitrogens with zero attached hydrogens (tertiary/aromatic N) is 3. The predicted octanol–water partition coefficient (Wildman–Crippen LogP) is 2.32. The van der Waals surface area contributed by atoms with Gasteiger partial charge in [-0.05, 0) is 25.0 Å². The lowest BCUT2D eigenvalue weighted by molar-refractivity contribution is -0.125. The number of furan rings is 1. The molecule has 1 saturated heterocycles. The van der Waals surface area contributed by atoms with Crippen molar-refractivity contribution in [1.29, 1.82) is 5.26 Å². The Morgan fingerprint density at radius 2 is 2.33 bits per heavy atom. The van der Waals surface area contributed by atoms with Crippen molar-refractivity contribution in [3.05, 3.63) is 36.7 Å². The third-order valence-electron chi connectivity index (χ3n) is 4.02. The Kier molecular flexibility index (Phi) is 4.66. The quantitative estimate of drug-likeness (QED) is 0.847. The molecule has 0 unspecified atom stereocenters. The summed E-state index contributed by atoms with van der Waals surface area (Å²) in [6, 6.07) is 5.52. The number of hydrogen-bond acceptors (Lipinski definition) is 6. The molecule has 7 heteroatoms. The van der Waals surface area contributed by atoms with E-state index in [1.54, 1.807) is 18.2 Å². The van der Waals surface area contributed by atoms with E-state index in [0.29, 0.717) is 44.1 Å². The first-order chi connectivity index (χ1) is 11.7. The van der Waals surface area contributed by atoms with Crippen LogP contribution >= 0.6 is 0 Å². The molecule has 24 heavy (non-hydrogen) atoms. The summed E-state index contributed by atoms with van der Waals surface area (Å²) in [6.07, 6.45) is 4.59. The molecule has 0 saturated carbocycles. The summed E-state index contributed by atoms with van der Waals surface area (Å²) >= 11 is 0. The smallest absolute Gasteiger partial charge is 0.266 e. The lowest BCUT2D eigenvalue weighted by Crippen LogP contribution is -2.40. The van der Waals surface area contributed by atoms with Gasteiger partial charge in [-0.3, -0.25) is 4.79 Å². The maximum absolute atomic E-state index is 12.0. The van der Waals surface area contributed by atoms with Crippen LogP contribution in [0.3, 0.4) is 0 Å². The van der Waals surface area contributed by atoms with Crippen LogP contribution < -0.4 is 10.2 Å². The van der Waals surface area contributed by atoms with E-state index in [1.807, 2.05) is 4.90 Å². The minimum absolute atomic E-state index is 0.0285. The number of aromatic nitrogens is 1. The molecule has 0 radical (unpaired) electrons. The van der Waals surface area contributed by atoms with Crippen molar-refractivity contribution in [2.24, 2.45) is 5.92 Å². The molecule has 3 rings (SSSR count). The van der Waals surface area contributed by atoms with Gasteiger partial charge < -0.3 is 19.1 Å². The highest BCUT2D eigenvalue weighted by molar-refractivity contribution is 5.79. The zero-order valence-electron chi connectivity index (χ0n) is 13.2. The number of carbonyl (C=O) groups is 1. The van der Waals surface area contributed by atoms with Gasteiger partial charge in [0.25, 0.3) is 5.89 Å². The van der Waals surface area contributed by atoms with Gasteiger partial charge in [-0.15, -0.1) is 6.58 Å². The lowest BCUT2D eigenvalue weighted by atomic mass is 9.96. The Balaban J connectivity index is 1.69. The second kappa shape index (κ2) is 7.04. The van der Waals surface area contributed by atoms with Crippen LogP contribution in [0, 0.1) is 17.2 Å². The van der Waals surface area contributed by atoms with Gasteiger partial charge in [0.2, 0.25) is 17.5 Å². The standard InChI is InChI=1S/C17H18N4O3/c1-2-7-19-15(22)12-5-8-21(9-6-12)17-13(11-18)20-16(24-17)14-4-3-10-23-14/h2-4,10,12H,1,5-9H2,(H,19,22). The maximum Gasteiger partial charge on any atom is 0.266 e. The molecule has 7 nitrogen and oxygen atoms in total. The summed E-state index contributed by atoms with van der Waals surface area (Å²) in [5.41, 5.74) is 0.232. The molecule has 1 N–H and O–H groups in total. The van der Waals surface area contributed by atoms with E-state index in [0.717, 1.165) is 0 Å². The summed E-state index contributed by atoms with van der Waals surface area (Å²) in [4.78, 5) is 18.1. The van der Waals surface area contributed by atoms with E-state index in [9.17, 15) is 10.1 Å². The van der Waals surface area contributed by atoms with Crippen LogP contribution in [0.25, 0.3) is 11.7 Å². The van der Waals surface area contributed by atoms with Crippen LogP contribution in [0.1, 0.15) is 18.5 Å². The number of piperidine rings is 1. The number of anilines is 1. The maximum atomic E-state index is 12.0. The molecule has 0 spiro atoms. The van der Waals surface area contributed by atoms with Crippen LogP contribution in [0.4, 0.5) is 5.88 Å². The first kappa shape index (κ1) is 15.9. The molecule has 0 atom stereocenters. The Morgan fingerprint density at radius 1 is 1.54 bits per heavy atom. The van der Waals surface area contributed by atoms with Gasteiger partial charge >= 0.3 is 0 Å². The largest absolute Gasteiger partial charge is 0.459 e. The van der Waals surface area contributed by atoms with Crippen LogP contribution in [0.5, 0.6) is 0 Å². The first-order valence-corrected chi connectivity index (χ1v) is 7.81. The van der Waals surface area contributed by atoms with Crippen molar-refractivity contribution in [3.8, 4) is 17.7 Å². The van der Waals surface area contributed by atoms with Gasteiger partial charge in [-0.25, -0.2) is 0 Å². The summed E-state index contributed by atoms with van der Waals surface area (Å²) < 4.78 is 11.0. The van der Waals surface area contributed by atoms with Crippen molar-refractivity contribution >= 4 is 11.8 Å². The molecular formula is C17H18N4O3. The van der Waals surface area contributed by atoms with E-state index < -0.39 is 0 Å². The van der Waals surface area contributed by atoms with Gasteiger partial charge in [0.05, 0.1) is 6.26 Å². The highest BCUT2D eigenvalue weighted by Crippen LogP contribution is 2.31. The molecule has 1 aliphatic heterocycles. The third-order valence-corrected chi connectivity index (χ3v) is 4.02. The molecule has 0 aromatic carbocycles. The average molecular weight is 326 g/mol. The van der Waals surface area contributed by atoms with Gasteiger partial charge in [0.1, 0.15) is 6.07 Å². The van der Waals surface area contributed by atoms with Gasteiger partial charge in [0, 0.05) is 25.6 Å². The van der Waals surface area contributed by atoms with E-state index in [4.69, 9.17) is 8.83 Å². The number of rotatable bonds is 5. The van der Waals surface area contributed by atoms with Crippen LogP contribution in [-0.2, 0) is 4.79 Å². The molecule has 2 aromatic rings. The Hall–Kier alpha value is -3.01. The van der Waals surface area contributed by atoms with Gasteiger partial charge in [-0.1, -0.05) is 6.08 Å². The highest BCUT2D eigenvalue weighted by Gasteiger charge is 2.29. The minimum Gasteiger partial charge on any atom is -0.459 e. The SMILES string of the molecule is C=CCNC(=O)C1CCN(c2oc(-c3ccco3)nc2C#N)CC1. The summed E-state index contributed by atoms with van der Waals surface area (Å²) in [5.74, 6) is 1.23. The second-order valence-corrected chi connectivity index (χ2v) is 5.56. The van der Waals surface area contributed by atoms with Crippen LogP contribution in [0.2, 0.25) is 0 Å². The zero-order chi connectivity index (χ0) is 16.9. The van der Waals surface area contributed by atoms with Gasteiger partial charge in [-0.2, -0.15) is 10.2 Å². The fourth-order valence-corrected chi connectivity index (χ4v) is 2.77. The monoisotopic (exact) mass is 326 g/mol. The molecule has 3 heterocycles. The molecule has 1 amide bonds. The zero-order valence-corrected chi connectivity index (χ0v) is 13.2. The molecule has 1 aliphatic rings. The Labute approximate surface area is 139 Å². The number of amides is 1. The fourth-order valence-electron chi connectivity index (χ4n) is 2.77. The first-order valence-electron chi connectivity index (χ1n) is 7.81. The van der Waals surface area contributed by atoms with Crippen molar-refractivity contribution in [3.63, 3.8) is 0 Å². The molecular weight excluding hydrogens is 308 g/mol. The van der Waals surface area contributed by atoms with Crippen LogP contribution in [0.15, 0.2) is 39.9 Å². The summed E-state index contributed by atoms with van der Waals surface area (Å²) in [5, 5.41) is 12.1. The minimum atomic E-state index is -0.0285. The molecule has 0 aliphatic carbocycles. The van der Waals surface area contributed by atoms with Crippen molar-refractivity contribution in [2.75, 3.05) is 24.5 Å². The number of nitrogens with one attached hydrogen (secondary N) is 1. The van der Waals surface area contributed by atoms with Gasteiger partial charge in [0.15, 0.2) is 5.76 Å². The van der Waals surface area contributed by atoms with E-state index >= 15 is 0 Å². The van der Waals surface area contributed by atoms with Crippen LogP contribution in [-0.4, -0.2) is 30.5 Å². The molecule has 0 bridgehead atoms. The predicted molar refractivity (Wildman–Crippen MR) is 87.1 cm³/mol. The average Bonchev–Trinajstić information content (AvgIpc) is 3.28. The van der Waals surface area contributed by atoms with Crippen molar-refractivity contribution in [1.82, 2.24) is 10.3 Å². The van der Waals surface area contributed by atoms with E-state index in [1.165, 1.54) is 6.26 Å². The number of hydrogen-bond donors (Lipinski definition) is 1. The van der Waals surface area contributed by atoms with Crippen molar-refractivity contribution in [2.45, 2.75) is 12.8 Å².